The monoisotopic (exact) mass is 235 g/mol. The van der Waals surface area contributed by atoms with Crippen LogP contribution in [-0.4, -0.2) is 16.2 Å². The molecule has 2 aromatic rings. The van der Waals surface area contributed by atoms with Gasteiger partial charge in [0, 0.05) is 11.6 Å². The number of hydrogen-bond acceptors (Lipinski definition) is 4. The molecule has 1 heterocycles. The molecule has 1 aromatic heterocycles. The summed E-state index contributed by atoms with van der Waals surface area (Å²) in [4.78, 5) is 0. The van der Waals surface area contributed by atoms with Crippen LogP contribution in [0.5, 0.6) is 0 Å². The van der Waals surface area contributed by atoms with Gasteiger partial charge in [-0.3, -0.25) is 0 Å². The van der Waals surface area contributed by atoms with Gasteiger partial charge in [0.1, 0.15) is 5.82 Å². The van der Waals surface area contributed by atoms with Crippen molar-refractivity contribution in [3.8, 4) is 11.5 Å². The fourth-order valence-electron chi connectivity index (χ4n) is 1.35. The van der Waals surface area contributed by atoms with E-state index >= 15 is 0 Å². The van der Waals surface area contributed by atoms with Gasteiger partial charge in [-0.25, -0.2) is 4.39 Å². The molecule has 0 amide bonds. The van der Waals surface area contributed by atoms with Crippen LogP contribution in [0.15, 0.2) is 28.7 Å². The van der Waals surface area contributed by atoms with E-state index in [-0.39, 0.29) is 5.82 Å². The summed E-state index contributed by atoms with van der Waals surface area (Å²) in [6, 6.07) is 6.44. The molecule has 0 saturated carbocycles. The second-order valence-electron chi connectivity index (χ2n) is 4.05. The van der Waals surface area contributed by atoms with Gasteiger partial charge < -0.3 is 9.73 Å². The molecule has 90 valence electrons. The van der Waals surface area contributed by atoms with Crippen LogP contribution in [0, 0.1) is 5.82 Å². The van der Waals surface area contributed by atoms with Crippen molar-refractivity contribution in [3.05, 3.63) is 36.0 Å². The zero-order valence-corrected chi connectivity index (χ0v) is 9.77. The molecule has 0 aliphatic rings. The Kier molecular flexibility index (Phi) is 3.49. The lowest BCUT2D eigenvalue weighted by molar-refractivity contribution is 0.458. The van der Waals surface area contributed by atoms with E-state index < -0.39 is 0 Å². The molecular formula is C12H14FN3O. The van der Waals surface area contributed by atoms with Crippen LogP contribution in [-0.2, 0) is 6.54 Å². The molecule has 0 aliphatic heterocycles. The SMILES string of the molecule is CC(C)NCc1nnc(-c2cccc(F)c2)o1. The molecule has 0 aliphatic carbocycles. The van der Waals surface area contributed by atoms with Crippen molar-refractivity contribution in [3.63, 3.8) is 0 Å². The van der Waals surface area contributed by atoms with Gasteiger partial charge in [-0.2, -0.15) is 0 Å². The standard InChI is InChI=1S/C12H14FN3O/c1-8(2)14-7-11-15-16-12(17-11)9-4-3-5-10(13)6-9/h3-6,8,14H,7H2,1-2H3. The molecule has 0 atom stereocenters. The summed E-state index contributed by atoms with van der Waals surface area (Å²) < 4.78 is 18.4. The lowest BCUT2D eigenvalue weighted by Crippen LogP contribution is -2.21. The van der Waals surface area contributed by atoms with Crippen molar-refractivity contribution in [1.29, 1.82) is 0 Å². The van der Waals surface area contributed by atoms with Crippen molar-refractivity contribution in [2.45, 2.75) is 26.4 Å². The Morgan fingerprint density at radius 3 is 2.88 bits per heavy atom. The number of hydrogen-bond donors (Lipinski definition) is 1. The summed E-state index contributed by atoms with van der Waals surface area (Å²) in [7, 11) is 0. The van der Waals surface area contributed by atoms with Gasteiger partial charge in [0.25, 0.3) is 0 Å². The Morgan fingerprint density at radius 2 is 2.18 bits per heavy atom. The quantitative estimate of drug-likeness (QED) is 0.883. The fourth-order valence-corrected chi connectivity index (χ4v) is 1.35. The summed E-state index contributed by atoms with van der Waals surface area (Å²) in [6.45, 7) is 4.58. The van der Waals surface area contributed by atoms with Gasteiger partial charge in [0.15, 0.2) is 0 Å². The maximum absolute atomic E-state index is 13.0. The van der Waals surface area contributed by atoms with Crippen LogP contribution < -0.4 is 5.32 Å². The van der Waals surface area contributed by atoms with Gasteiger partial charge in [0.05, 0.1) is 6.54 Å². The lowest BCUT2D eigenvalue weighted by atomic mass is 10.2. The first-order chi connectivity index (χ1) is 8.15. The van der Waals surface area contributed by atoms with E-state index in [4.69, 9.17) is 4.42 Å². The third-order valence-corrected chi connectivity index (χ3v) is 2.20. The Hall–Kier alpha value is -1.75. The topological polar surface area (TPSA) is 51.0 Å². The molecule has 17 heavy (non-hydrogen) atoms. The van der Waals surface area contributed by atoms with Gasteiger partial charge in [-0.05, 0) is 18.2 Å². The highest BCUT2D eigenvalue weighted by Gasteiger charge is 2.09. The molecule has 2 rings (SSSR count). The Bertz CT molecular complexity index is 496. The molecule has 0 fully saturated rings. The number of benzene rings is 1. The summed E-state index contributed by atoms with van der Waals surface area (Å²) in [6.07, 6.45) is 0. The minimum absolute atomic E-state index is 0.317. The molecule has 0 radical (unpaired) electrons. The molecule has 0 spiro atoms. The first-order valence-electron chi connectivity index (χ1n) is 5.47. The van der Waals surface area contributed by atoms with E-state index in [9.17, 15) is 4.39 Å². The van der Waals surface area contributed by atoms with E-state index in [1.807, 2.05) is 13.8 Å². The number of rotatable bonds is 4. The molecule has 0 bridgehead atoms. The number of halogens is 1. The van der Waals surface area contributed by atoms with E-state index in [2.05, 4.69) is 15.5 Å². The van der Waals surface area contributed by atoms with Gasteiger partial charge in [-0.1, -0.05) is 19.9 Å². The minimum atomic E-state index is -0.317. The van der Waals surface area contributed by atoms with E-state index in [0.29, 0.717) is 29.9 Å². The van der Waals surface area contributed by atoms with Crippen molar-refractivity contribution in [1.82, 2.24) is 15.5 Å². The average Bonchev–Trinajstić information content (AvgIpc) is 2.75. The minimum Gasteiger partial charge on any atom is -0.419 e. The van der Waals surface area contributed by atoms with E-state index in [0.717, 1.165) is 0 Å². The van der Waals surface area contributed by atoms with Crippen molar-refractivity contribution in [2.24, 2.45) is 0 Å². The Balaban J connectivity index is 2.12. The molecule has 1 aromatic carbocycles. The molecular weight excluding hydrogens is 221 g/mol. The zero-order chi connectivity index (χ0) is 12.3. The molecule has 0 saturated heterocycles. The van der Waals surface area contributed by atoms with Gasteiger partial charge in [-0.15, -0.1) is 10.2 Å². The molecule has 4 nitrogen and oxygen atoms in total. The second-order valence-corrected chi connectivity index (χ2v) is 4.05. The van der Waals surface area contributed by atoms with Crippen LogP contribution >= 0.6 is 0 Å². The number of aromatic nitrogens is 2. The number of nitrogens with zero attached hydrogens (tertiary/aromatic N) is 2. The average molecular weight is 235 g/mol. The van der Waals surface area contributed by atoms with Crippen LogP contribution in [0.2, 0.25) is 0 Å². The highest BCUT2D eigenvalue weighted by atomic mass is 19.1. The van der Waals surface area contributed by atoms with Crippen molar-refractivity contribution >= 4 is 0 Å². The molecule has 1 N–H and O–H groups in total. The van der Waals surface area contributed by atoms with Gasteiger partial charge >= 0.3 is 0 Å². The molecule has 0 unspecified atom stereocenters. The van der Waals surface area contributed by atoms with Gasteiger partial charge in [0.2, 0.25) is 11.8 Å². The van der Waals surface area contributed by atoms with Crippen molar-refractivity contribution < 1.29 is 8.81 Å². The lowest BCUT2D eigenvalue weighted by Gasteiger charge is -2.03. The summed E-state index contributed by atoms with van der Waals surface area (Å²) in [5, 5.41) is 10.9. The highest BCUT2D eigenvalue weighted by molar-refractivity contribution is 5.52. The smallest absolute Gasteiger partial charge is 0.247 e. The number of nitrogens with one attached hydrogen (secondary N) is 1. The van der Waals surface area contributed by atoms with E-state index in [1.54, 1.807) is 12.1 Å². The molecule has 5 heteroatoms. The normalized spacial score (nSPS) is 11.1. The Labute approximate surface area is 98.9 Å². The fraction of sp³-hybridized carbons (Fsp3) is 0.333. The summed E-state index contributed by atoms with van der Waals surface area (Å²) in [5.74, 6) is 0.519. The predicted octanol–water partition coefficient (Wildman–Crippen LogP) is 2.37. The highest BCUT2D eigenvalue weighted by Crippen LogP contribution is 2.18. The third kappa shape index (κ3) is 3.10. The summed E-state index contributed by atoms with van der Waals surface area (Å²) in [5.41, 5.74) is 0.591. The second kappa shape index (κ2) is 5.05. The largest absolute Gasteiger partial charge is 0.419 e. The first-order valence-corrected chi connectivity index (χ1v) is 5.47. The van der Waals surface area contributed by atoms with Crippen LogP contribution in [0.4, 0.5) is 4.39 Å². The van der Waals surface area contributed by atoms with Crippen LogP contribution in [0.3, 0.4) is 0 Å². The van der Waals surface area contributed by atoms with Crippen LogP contribution in [0.1, 0.15) is 19.7 Å². The Morgan fingerprint density at radius 1 is 1.35 bits per heavy atom. The predicted molar refractivity (Wildman–Crippen MR) is 61.7 cm³/mol. The van der Waals surface area contributed by atoms with E-state index in [1.165, 1.54) is 12.1 Å². The van der Waals surface area contributed by atoms with Crippen LogP contribution in [0.25, 0.3) is 11.5 Å². The first kappa shape index (κ1) is 11.7. The zero-order valence-electron chi connectivity index (χ0n) is 9.77. The maximum Gasteiger partial charge on any atom is 0.247 e. The summed E-state index contributed by atoms with van der Waals surface area (Å²) >= 11 is 0. The maximum atomic E-state index is 13.0. The third-order valence-electron chi connectivity index (χ3n) is 2.20. The van der Waals surface area contributed by atoms with Crippen molar-refractivity contribution in [2.75, 3.05) is 0 Å².